The van der Waals surface area contributed by atoms with Gasteiger partial charge in [0.15, 0.2) is 11.6 Å². The summed E-state index contributed by atoms with van der Waals surface area (Å²) in [4.78, 5) is 26.4. The molecule has 7 nitrogen and oxygen atoms in total. The Morgan fingerprint density at radius 2 is 1.14 bits per heavy atom. The summed E-state index contributed by atoms with van der Waals surface area (Å²) in [7, 11) is 1.82. The summed E-state index contributed by atoms with van der Waals surface area (Å²) in [5.41, 5.74) is 19.1. The number of hydrogen-bond acceptors (Lipinski definition) is 5. The Kier molecular flexibility index (Phi) is 18.2. The molecule has 29 heavy (non-hydrogen) atoms. The molecule has 0 aliphatic heterocycles. The molecule has 2 aromatic rings. The molecule has 0 fully saturated rings. The number of benzene rings is 2. The second-order valence-corrected chi connectivity index (χ2v) is 5.88. The maximum atomic E-state index is 12.3. The molecular weight excluding hydrogens is 420 g/mol. The molecule has 0 atom stereocenters. The van der Waals surface area contributed by atoms with Crippen LogP contribution in [0.15, 0.2) is 58.8 Å². The summed E-state index contributed by atoms with van der Waals surface area (Å²) < 4.78 is 0. The van der Waals surface area contributed by atoms with Crippen LogP contribution < -0.4 is 103 Å². The normalized spacial score (nSPS) is 9.45. The van der Waals surface area contributed by atoms with E-state index in [2.05, 4.69) is 10.2 Å². The zero-order chi connectivity index (χ0) is 18.9. The van der Waals surface area contributed by atoms with Gasteiger partial charge in [0, 0.05) is 37.1 Å². The minimum absolute atomic E-state index is 0. The molecule has 2 aromatic carbocycles. The minimum atomic E-state index is -0.124. The second-order valence-electron chi connectivity index (χ2n) is 5.88. The quantitative estimate of drug-likeness (QED) is 0.209. The number of ketones is 2. The fraction of sp³-hybridized carbons (Fsp3) is 0.250. The van der Waals surface area contributed by atoms with Gasteiger partial charge in [-0.1, -0.05) is 24.3 Å². The third-order valence-corrected chi connectivity index (χ3v) is 4.07. The van der Waals surface area contributed by atoms with E-state index in [1.807, 2.05) is 11.9 Å². The Balaban J connectivity index is 0. The Hall–Kier alpha value is 0.213. The number of rotatable bonds is 10. The molecule has 0 spiro atoms. The first kappa shape index (κ1) is 31.4. The molecule has 0 aliphatic carbocycles. The summed E-state index contributed by atoms with van der Waals surface area (Å²) in [6.45, 7) is 0.940. The van der Waals surface area contributed by atoms with Gasteiger partial charge in [0.05, 0.1) is 11.4 Å². The van der Waals surface area contributed by atoms with Crippen LogP contribution in [-0.2, 0) is 0 Å². The summed E-state index contributed by atoms with van der Waals surface area (Å²) in [6.07, 6.45) is 0.500. The van der Waals surface area contributed by atoms with Gasteiger partial charge in [0.25, 0.3) is 0 Å². The van der Waals surface area contributed by atoms with Gasteiger partial charge in [-0.3, -0.25) is 9.59 Å². The largest absolute Gasteiger partial charge is 1.00 e. The molecule has 0 heterocycles. The van der Waals surface area contributed by atoms with Crippen molar-refractivity contribution in [1.29, 1.82) is 0 Å². The standard InChI is InChI=1S/C19H19N5O2.CH3.2K/c1-24(12-10-18(25)14-6-2-4-8-16(14)22-20)13-11-19(26)15-7-3-5-9-17(15)23-21;;;/h2-9H,10-13H2,1H3;1H3;;/q-2;-1;2*+1. The number of nitrogens with zero attached hydrogens (tertiary/aromatic N) is 5. The van der Waals surface area contributed by atoms with E-state index in [0.717, 1.165) is 0 Å². The molecule has 0 aliphatic rings. The second kappa shape index (κ2) is 16.8. The molecule has 0 bridgehead atoms. The van der Waals surface area contributed by atoms with E-state index < -0.39 is 0 Å². The van der Waals surface area contributed by atoms with Crippen molar-refractivity contribution in [2.75, 3.05) is 20.1 Å². The number of Topliss-reactive ketones (excluding diaryl/α,β-unsaturated/α-hetero) is 2. The van der Waals surface area contributed by atoms with Crippen molar-refractivity contribution in [1.82, 2.24) is 4.90 Å². The molecule has 142 valence electrons. The van der Waals surface area contributed by atoms with Crippen LogP contribution in [0.2, 0.25) is 0 Å². The van der Waals surface area contributed by atoms with Crippen molar-refractivity contribution in [2.45, 2.75) is 12.8 Å². The van der Waals surface area contributed by atoms with Crippen molar-refractivity contribution in [2.24, 2.45) is 10.2 Å². The van der Waals surface area contributed by atoms with Crippen molar-refractivity contribution < 1.29 is 112 Å². The molecule has 0 amide bonds. The van der Waals surface area contributed by atoms with Gasteiger partial charge < -0.3 is 33.6 Å². The average molecular weight is 443 g/mol. The van der Waals surface area contributed by atoms with Crippen LogP contribution in [0.25, 0.3) is 11.1 Å². The van der Waals surface area contributed by atoms with Crippen molar-refractivity contribution in [3.63, 3.8) is 0 Å². The molecule has 0 radical (unpaired) electrons. The number of hydrogen-bond donors (Lipinski definition) is 0. The third kappa shape index (κ3) is 9.92. The monoisotopic (exact) mass is 442 g/mol. The summed E-state index contributed by atoms with van der Waals surface area (Å²) in [5, 5.41) is 6.24. The average Bonchev–Trinajstić information content (AvgIpc) is 2.69. The van der Waals surface area contributed by atoms with Gasteiger partial charge >= 0.3 is 103 Å². The molecule has 2 rings (SSSR count). The van der Waals surface area contributed by atoms with E-state index >= 15 is 0 Å². The van der Waals surface area contributed by atoms with Crippen molar-refractivity contribution in [3.8, 4) is 0 Å². The van der Waals surface area contributed by atoms with Gasteiger partial charge in [-0.05, 0) is 31.3 Å². The van der Waals surface area contributed by atoms with Crippen LogP contribution in [0, 0.1) is 7.43 Å². The molecule has 0 unspecified atom stereocenters. The molecule has 0 saturated heterocycles. The first-order valence-electron chi connectivity index (χ1n) is 8.20. The van der Waals surface area contributed by atoms with Crippen LogP contribution in [0.4, 0.5) is 11.4 Å². The molecular formula is C20H22K2N5O2-. The molecule has 0 saturated carbocycles. The smallest absolute Gasteiger partial charge is 0.706 e. The SMILES string of the molecule is CN(CCC(=O)c1ccccc1N=[N-])CCC(=O)c1ccccc1N=[N-].[CH3-].[K+].[K+]. The maximum Gasteiger partial charge on any atom is 1.00 e. The van der Waals surface area contributed by atoms with Crippen molar-refractivity contribution >= 4 is 22.9 Å². The van der Waals surface area contributed by atoms with E-state index in [4.69, 9.17) is 11.1 Å². The number of carbonyl (C=O) groups excluding carboxylic acids is 2. The Bertz CT molecular complexity index is 763. The summed E-state index contributed by atoms with van der Waals surface area (Å²) >= 11 is 0. The third-order valence-electron chi connectivity index (χ3n) is 4.07. The first-order chi connectivity index (χ1) is 12.6. The van der Waals surface area contributed by atoms with E-state index in [-0.39, 0.29) is 146 Å². The van der Waals surface area contributed by atoms with Crippen LogP contribution in [0.5, 0.6) is 0 Å². The molecule has 9 heteroatoms. The van der Waals surface area contributed by atoms with Gasteiger partial charge in [0.2, 0.25) is 0 Å². The summed E-state index contributed by atoms with van der Waals surface area (Å²) in [5.74, 6) is -0.248. The van der Waals surface area contributed by atoms with E-state index in [1.54, 1.807) is 48.5 Å². The fourth-order valence-electron chi connectivity index (χ4n) is 2.56. The van der Waals surface area contributed by atoms with Crippen molar-refractivity contribution in [3.05, 3.63) is 78.1 Å². The minimum Gasteiger partial charge on any atom is -0.706 e. The van der Waals surface area contributed by atoms with E-state index in [9.17, 15) is 9.59 Å². The first-order valence-corrected chi connectivity index (χ1v) is 8.20. The van der Waals surface area contributed by atoms with E-state index in [1.165, 1.54) is 0 Å². The van der Waals surface area contributed by atoms with Crippen LogP contribution >= 0.6 is 0 Å². The predicted molar refractivity (Wildman–Crippen MR) is 106 cm³/mol. The maximum absolute atomic E-state index is 12.3. The predicted octanol–water partition coefficient (Wildman–Crippen LogP) is -0.771. The van der Waals surface area contributed by atoms with Gasteiger partial charge in [-0.2, -0.15) is 0 Å². The summed E-state index contributed by atoms with van der Waals surface area (Å²) in [6, 6.07) is 13.2. The van der Waals surface area contributed by atoms with Gasteiger partial charge in [-0.25, -0.2) is 0 Å². The topological polar surface area (TPSA) is 107 Å². The Morgan fingerprint density at radius 3 is 1.48 bits per heavy atom. The van der Waals surface area contributed by atoms with Gasteiger partial charge in [-0.15, -0.1) is 0 Å². The Morgan fingerprint density at radius 1 is 0.793 bits per heavy atom. The van der Waals surface area contributed by atoms with Crippen LogP contribution in [0.3, 0.4) is 0 Å². The zero-order valence-electron chi connectivity index (χ0n) is 17.5. The number of carbonyl (C=O) groups is 2. The Labute approximate surface area is 257 Å². The zero-order valence-corrected chi connectivity index (χ0v) is 23.7. The molecule has 0 N–H and O–H groups in total. The molecule has 0 aromatic heterocycles. The van der Waals surface area contributed by atoms with Crippen LogP contribution in [0.1, 0.15) is 33.6 Å². The van der Waals surface area contributed by atoms with E-state index in [0.29, 0.717) is 24.2 Å². The fourth-order valence-corrected chi connectivity index (χ4v) is 2.56. The van der Waals surface area contributed by atoms with Gasteiger partial charge in [0.1, 0.15) is 0 Å². The van der Waals surface area contributed by atoms with Crippen LogP contribution in [-0.4, -0.2) is 36.6 Å².